The standard InChI is InChI=1S/C25H26Cl2F2N4O4S/c1-2-37-24(36)20-18(12-33-13-25(28,29)8-7-15(33)4-6-19(34)35)31-22(23-30-9-10-38-23)32-21(20)16-5-3-14(26)11-17(16)27/h3,5,9-11,15,21H,2,4,6-8,12-13H2,1H3,(H,31,32)(H,34,35)/t15-,21+/m1/s1. The third kappa shape index (κ3) is 6.69. The number of alkyl halides is 2. The third-order valence-electron chi connectivity index (χ3n) is 6.36. The van der Waals surface area contributed by atoms with Gasteiger partial charge in [-0.1, -0.05) is 29.3 Å². The first-order valence-electron chi connectivity index (χ1n) is 12.0. The van der Waals surface area contributed by atoms with Crippen molar-refractivity contribution in [2.24, 2.45) is 4.99 Å². The quantitative estimate of drug-likeness (QED) is 0.383. The number of amidine groups is 1. The van der Waals surface area contributed by atoms with Gasteiger partial charge in [0.15, 0.2) is 10.8 Å². The van der Waals surface area contributed by atoms with Gasteiger partial charge in [0, 0.05) is 58.3 Å². The molecule has 204 valence electrons. The lowest BCUT2D eigenvalue weighted by molar-refractivity contribution is -0.139. The fraction of sp³-hybridized carbons (Fsp3) is 0.440. The number of carboxylic acids is 1. The first-order valence-corrected chi connectivity index (χ1v) is 13.6. The van der Waals surface area contributed by atoms with Crippen LogP contribution in [0, 0.1) is 0 Å². The number of halogens is 4. The fourth-order valence-corrected chi connectivity index (χ4v) is 5.74. The summed E-state index contributed by atoms with van der Waals surface area (Å²) in [5.41, 5.74) is 0.929. The van der Waals surface area contributed by atoms with Crippen molar-refractivity contribution < 1.29 is 28.2 Å². The van der Waals surface area contributed by atoms with Crippen LogP contribution >= 0.6 is 34.5 Å². The fourth-order valence-electron chi connectivity index (χ4n) is 4.64. The molecule has 3 heterocycles. The lowest BCUT2D eigenvalue weighted by Crippen LogP contribution is -2.51. The van der Waals surface area contributed by atoms with Gasteiger partial charge >= 0.3 is 11.9 Å². The molecule has 0 aliphatic carbocycles. The van der Waals surface area contributed by atoms with E-state index in [1.807, 2.05) is 0 Å². The van der Waals surface area contributed by atoms with Crippen molar-refractivity contribution in [3.05, 3.63) is 61.7 Å². The lowest BCUT2D eigenvalue weighted by atomic mass is 9.92. The van der Waals surface area contributed by atoms with Crippen LogP contribution in [0.5, 0.6) is 0 Å². The zero-order valence-electron chi connectivity index (χ0n) is 20.4. The Hall–Kier alpha value is -2.60. The Balaban J connectivity index is 1.81. The van der Waals surface area contributed by atoms with E-state index in [-0.39, 0.29) is 49.4 Å². The van der Waals surface area contributed by atoms with Gasteiger partial charge < -0.3 is 15.2 Å². The number of hydrogen-bond donors (Lipinski definition) is 2. The van der Waals surface area contributed by atoms with Gasteiger partial charge in [-0.15, -0.1) is 11.3 Å². The number of carbonyl (C=O) groups excluding carboxylic acids is 1. The minimum Gasteiger partial charge on any atom is -0.481 e. The number of esters is 1. The highest BCUT2D eigenvalue weighted by Crippen LogP contribution is 2.39. The summed E-state index contributed by atoms with van der Waals surface area (Å²) >= 11 is 13.9. The maximum atomic E-state index is 14.5. The highest BCUT2D eigenvalue weighted by molar-refractivity contribution is 7.11. The van der Waals surface area contributed by atoms with Crippen molar-refractivity contribution in [2.75, 3.05) is 19.7 Å². The van der Waals surface area contributed by atoms with E-state index in [0.717, 1.165) is 0 Å². The number of likely N-dealkylation sites (tertiary alicyclic amines) is 1. The Labute approximate surface area is 232 Å². The molecule has 13 heteroatoms. The van der Waals surface area contributed by atoms with E-state index in [4.69, 9.17) is 32.9 Å². The number of rotatable bonds is 9. The average Bonchev–Trinajstić information content (AvgIpc) is 3.38. The van der Waals surface area contributed by atoms with E-state index in [1.54, 1.807) is 30.6 Å². The van der Waals surface area contributed by atoms with Crippen LogP contribution in [-0.2, 0) is 14.3 Å². The molecule has 2 aliphatic heterocycles. The number of aromatic nitrogens is 1. The Morgan fingerprint density at radius 1 is 1.34 bits per heavy atom. The van der Waals surface area contributed by atoms with Crippen LogP contribution in [0.4, 0.5) is 8.78 Å². The molecule has 0 radical (unpaired) electrons. The number of nitrogens with zero attached hydrogens (tertiary/aromatic N) is 3. The molecule has 1 aromatic carbocycles. The molecule has 0 unspecified atom stereocenters. The monoisotopic (exact) mass is 586 g/mol. The molecule has 1 saturated heterocycles. The second kappa shape index (κ2) is 12.1. The molecule has 2 aliphatic rings. The van der Waals surface area contributed by atoms with Gasteiger partial charge in [-0.3, -0.25) is 14.7 Å². The number of carbonyl (C=O) groups is 2. The van der Waals surface area contributed by atoms with Crippen molar-refractivity contribution in [3.8, 4) is 0 Å². The summed E-state index contributed by atoms with van der Waals surface area (Å²) in [5.74, 6) is -4.27. The van der Waals surface area contributed by atoms with Crippen LogP contribution in [0.25, 0.3) is 0 Å². The van der Waals surface area contributed by atoms with E-state index in [2.05, 4.69) is 10.3 Å². The molecule has 0 amide bonds. The second-order valence-corrected chi connectivity index (χ2v) is 10.7. The minimum atomic E-state index is -2.95. The first kappa shape index (κ1) is 28.4. The number of aliphatic carboxylic acids is 1. The predicted molar refractivity (Wildman–Crippen MR) is 141 cm³/mol. The molecule has 0 bridgehead atoms. The first-order chi connectivity index (χ1) is 18.1. The van der Waals surface area contributed by atoms with Crippen molar-refractivity contribution in [1.82, 2.24) is 15.2 Å². The Kier molecular flexibility index (Phi) is 9.02. The molecule has 0 spiro atoms. The number of carboxylic acid groups (broad SMARTS) is 1. The smallest absolute Gasteiger partial charge is 0.338 e. The topological polar surface area (TPSA) is 104 Å². The van der Waals surface area contributed by atoms with Gasteiger partial charge in [-0.2, -0.15) is 0 Å². The summed E-state index contributed by atoms with van der Waals surface area (Å²) in [5, 5.41) is 15.3. The number of hydrogen-bond acceptors (Lipinski definition) is 8. The molecule has 2 aromatic rings. The second-order valence-electron chi connectivity index (χ2n) is 9.01. The van der Waals surface area contributed by atoms with Crippen LogP contribution in [0.1, 0.15) is 49.2 Å². The van der Waals surface area contributed by atoms with E-state index in [0.29, 0.717) is 27.1 Å². The maximum Gasteiger partial charge on any atom is 0.338 e. The number of piperidine rings is 1. The molecule has 0 saturated carbocycles. The van der Waals surface area contributed by atoms with Gasteiger partial charge in [0.1, 0.15) is 6.04 Å². The molecule has 38 heavy (non-hydrogen) atoms. The summed E-state index contributed by atoms with van der Waals surface area (Å²) in [6, 6.07) is 3.48. The van der Waals surface area contributed by atoms with E-state index in [1.165, 1.54) is 22.3 Å². The van der Waals surface area contributed by atoms with Crippen LogP contribution < -0.4 is 5.32 Å². The number of thiazole rings is 1. The van der Waals surface area contributed by atoms with Crippen LogP contribution in [0.15, 0.2) is 46.0 Å². The highest BCUT2D eigenvalue weighted by Gasteiger charge is 2.42. The third-order valence-corrected chi connectivity index (χ3v) is 7.70. The lowest BCUT2D eigenvalue weighted by Gasteiger charge is -2.41. The molecular formula is C25H26Cl2F2N4O4S. The normalized spacial score (nSPS) is 21.6. The van der Waals surface area contributed by atoms with E-state index < -0.39 is 36.5 Å². The van der Waals surface area contributed by atoms with Crippen LogP contribution in [0.3, 0.4) is 0 Å². The summed E-state index contributed by atoms with van der Waals surface area (Å²) in [6.45, 7) is 1.09. The maximum absolute atomic E-state index is 14.5. The van der Waals surface area contributed by atoms with Crippen LogP contribution in [-0.4, -0.2) is 64.4 Å². The van der Waals surface area contributed by atoms with Crippen LogP contribution in [0.2, 0.25) is 10.0 Å². The van der Waals surface area contributed by atoms with Gasteiger partial charge in [-0.25, -0.2) is 18.6 Å². The van der Waals surface area contributed by atoms with E-state index in [9.17, 15) is 23.5 Å². The van der Waals surface area contributed by atoms with Crippen molar-refractivity contribution in [1.29, 1.82) is 0 Å². The minimum absolute atomic E-state index is 0.0832. The Morgan fingerprint density at radius 2 is 2.13 bits per heavy atom. The highest BCUT2D eigenvalue weighted by atomic mass is 35.5. The molecule has 4 rings (SSSR count). The summed E-state index contributed by atoms with van der Waals surface area (Å²) < 4.78 is 34.4. The number of ether oxygens (including phenoxy) is 1. The molecule has 1 fully saturated rings. The molecular weight excluding hydrogens is 561 g/mol. The molecule has 2 N–H and O–H groups in total. The largest absolute Gasteiger partial charge is 0.481 e. The van der Waals surface area contributed by atoms with E-state index >= 15 is 0 Å². The summed E-state index contributed by atoms with van der Waals surface area (Å²) in [7, 11) is 0. The summed E-state index contributed by atoms with van der Waals surface area (Å²) in [4.78, 5) is 35.1. The Bertz CT molecular complexity index is 1260. The molecule has 2 atom stereocenters. The summed E-state index contributed by atoms with van der Waals surface area (Å²) in [6.07, 6.45) is 1.44. The zero-order chi connectivity index (χ0) is 27.4. The average molecular weight is 587 g/mol. The van der Waals surface area contributed by atoms with Gasteiger partial charge in [0.05, 0.1) is 18.7 Å². The van der Waals surface area contributed by atoms with Gasteiger partial charge in [0.25, 0.3) is 5.92 Å². The van der Waals surface area contributed by atoms with Gasteiger partial charge in [0.2, 0.25) is 0 Å². The zero-order valence-corrected chi connectivity index (χ0v) is 22.8. The van der Waals surface area contributed by atoms with Crippen molar-refractivity contribution in [2.45, 2.75) is 50.6 Å². The predicted octanol–water partition coefficient (Wildman–Crippen LogP) is 5.32. The number of aliphatic imine (C=N–C) groups is 1. The van der Waals surface area contributed by atoms with Crippen molar-refractivity contribution >= 4 is 52.3 Å². The van der Waals surface area contributed by atoms with Crippen molar-refractivity contribution in [3.63, 3.8) is 0 Å². The van der Waals surface area contributed by atoms with Gasteiger partial charge in [-0.05, 0) is 31.9 Å². The SMILES string of the molecule is CCOC(=O)C1=C(CN2CC(F)(F)CC[C@H]2CCC(=O)O)NC(c2nccs2)=N[C@H]1c1ccc(Cl)cc1Cl. The number of benzene rings is 1. The molecule has 1 aromatic heterocycles. The number of nitrogens with one attached hydrogen (secondary N) is 1. The molecule has 8 nitrogen and oxygen atoms in total. The Morgan fingerprint density at radius 3 is 2.79 bits per heavy atom.